The zero-order valence-corrected chi connectivity index (χ0v) is 12.1. The highest BCUT2D eigenvalue weighted by atomic mass is 32.1. The van der Waals surface area contributed by atoms with E-state index in [1.165, 1.54) is 0 Å². The van der Waals surface area contributed by atoms with Gasteiger partial charge in [-0.2, -0.15) is 0 Å². The Labute approximate surface area is 122 Å². The molecule has 6 heteroatoms. The third kappa shape index (κ3) is 3.15. The van der Waals surface area contributed by atoms with Gasteiger partial charge in [0.05, 0.1) is 18.0 Å². The number of aromatic nitrogens is 2. The summed E-state index contributed by atoms with van der Waals surface area (Å²) in [4.78, 5) is 14.4. The summed E-state index contributed by atoms with van der Waals surface area (Å²) in [6.45, 7) is 4.99. The minimum atomic E-state index is 0.0884. The summed E-state index contributed by atoms with van der Waals surface area (Å²) in [5, 5.41) is 10.1. The van der Waals surface area contributed by atoms with E-state index in [2.05, 4.69) is 25.8 Å². The van der Waals surface area contributed by atoms with Crippen LogP contribution in [0.4, 0.5) is 5.82 Å². The number of aliphatic hydroxyl groups is 1. The number of hydrogen-bond acceptors (Lipinski definition) is 6. The van der Waals surface area contributed by atoms with Gasteiger partial charge in [0.15, 0.2) is 0 Å². The van der Waals surface area contributed by atoms with E-state index in [1.54, 1.807) is 17.5 Å². The molecule has 2 aromatic heterocycles. The van der Waals surface area contributed by atoms with Crippen LogP contribution in [0.2, 0.25) is 0 Å². The second kappa shape index (κ2) is 6.30. The fraction of sp³-hybridized carbons (Fsp3) is 0.429. The number of thiazole rings is 1. The van der Waals surface area contributed by atoms with Crippen molar-refractivity contribution in [2.75, 3.05) is 31.1 Å². The Morgan fingerprint density at radius 1 is 1.15 bits per heavy atom. The maximum absolute atomic E-state index is 9.06. The Balaban J connectivity index is 1.53. The molecule has 0 amide bonds. The lowest BCUT2D eigenvalue weighted by molar-refractivity contribution is 0.249. The van der Waals surface area contributed by atoms with E-state index in [0.717, 1.165) is 48.4 Å². The molecular weight excluding hydrogens is 272 g/mol. The van der Waals surface area contributed by atoms with Gasteiger partial charge in [-0.15, -0.1) is 11.3 Å². The fourth-order valence-corrected chi connectivity index (χ4v) is 3.19. The molecule has 0 aliphatic carbocycles. The van der Waals surface area contributed by atoms with Gasteiger partial charge in [0, 0.05) is 38.6 Å². The molecule has 1 fully saturated rings. The largest absolute Gasteiger partial charge is 0.391 e. The van der Waals surface area contributed by atoms with Crippen LogP contribution in [0.1, 0.15) is 9.88 Å². The van der Waals surface area contributed by atoms with Gasteiger partial charge in [0.25, 0.3) is 0 Å². The van der Waals surface area contributed by atoms with Gasteiger partial charge in [-0.05, 0) is 12.1 Å². The molecule has 20 heavy (non-hydrogen) atoms. The van der Waals surface area contributed by atoms with Crippen LogP contribution in [0.25, 0.3) is 0 Å². The molecule has 0 radical (unpaired) electrons. The Hall–Kier alpha value is -1.50. The monoisotopic (exact) mass is 290 g/mol. The summed E-state index contributed by atoms with van der Waals surface area (Å²) in [6.07, 6.45) is 3.61. The van der Waals surface area contributed by atoms with Crippen LogP contribution in [0.5, 0.6) is 0 Å². The standard InChI is InChI=1S/C14H18N4OS/c19-11-12-9-16-14(20-12)10-17-5-7-18(8-6-17)13-3-1-2-4-15-13/h1-4,9,19H,5-8,10-11H2. The summed E-state index contributed by atoms with van der Waals surface area (Å²) in [6, 6.07) is 6.03. The second-order valence-electron chi connectivity index (χ2n) is 4.83. The van der Waals surface area contributed by atoms with Gasteiger partial charge in [0.1, 0.15) is 10.8 Å². The molecule has 0 unspecified atom stereocenters. The van der Waals surface area contributed by atoms with Gasteiger partial charge in [-0.1, -0.05) is 6.07 Å². The number of nitrogens with zero attached hydrogens (tertiary/aromatic N) is 4. The molecule has 5 nitrogen and oxygen atoms in total. The first-order valence-corrected chi connectivity index (χ1v) is 7.59. The number of anilines is 1. The first-order chi connectivity index (χ1) is 9.85. The average molecular weight is 290 g/mol. The van der Waals surface area contributed by atoms with E-state index >= 15 is 0 Å². The number of pyridine rings is 1. The molecule has 1 N–H and O–H groups in total. The highest BCUT2D eigenvalue weighted by Crippen LogP contribution is 2.17. The topological polar surface area (TPSA) is 52.5 Å². The molecule has 0 atom stereocenters. The number of aliphatic hydroxyl groups excluding tert-OH is 1. The summed E-state index contributed by atoms with van der Waals surface area (Å²) in [5.74, 6) is 1.06. The Morgan fingerprint density at radius 3 is 2.65 bits per heavy atom. The van der Waals surface area contributed by atoms with Crippen molar-refractivity contribution in [1.29, 1.82) is 0 Å². The van der Waals surface area contributed by atoms with Gasteiger partial charge in [-0.3, -0.25) is 4.90 Å². The molecule has 1 aliphatic rings. The smallest absolute Gasteiger partial charge is 0.128 e. The zero-order valence-electron chi connectivity index (χ0n) is 11.3. The SMILES string of the molecule is OCc1cnc(CN2CCN(c3ccccn3)CC2)s1. The normalized spacial score (nSPS) is 16.6. The Kier molecular flexibility index (Phi) is 4.25. The van der Waals surface area contributed by atoms with Crippen molar-refractivity contribution in [2.45, 2.75) is 13.2 Å². The minimum absolute atomic E-state index is 0.0884. The molecule has 1 aliphatic heterocycles. The quantitative estimate of drug-likeness (QED) is 0.921. The van der Waals surface area contributed by atoms with E-state index in [1.807, 2.05) is 18.3 Å². The predicted octanol–water partition coefficient (Wildman–Crippen LogP) is 1.35. The van der Waals surface area contributed by atoms with E-state index in [9.17, 15) is 0 Å². The lowest BCUT2D eigenvalue weighted by atomic mass is 10.3. The molecule has 0 spiro atoms. The van der Waals surface area contributed by atoms with E-state index < -0.39 is 0 Å². The van der Waals surface area contributed by atoms with Crippen molar-refractivity contribution in [3.63, 3.8) is 0 Å². The lowest BCUT2D eigenvalue weighted by Gasteiger charge is -2.34. The molecule has 3 rings (SSSR count). The summed E-state index contributed by atoms with van der Waals surface area (Å²) >= 11 is 1.59. The third-order valence-electron chi connectivity index (χ3n) is 3.46. The van der Waals surface area contributed by atoms with Crippen molar-refractivity contribution < 1.29 is 5.11 Å². The average Bonchev–Trinajstić information content (AvgIpc) is 2.97. The van der Waals surface area contributed by atoms with Crippen molar-refractivity contribution in [3.05, 3.63) is 40.5 Å². The molecule has 0 aromatic carbocycles. The molecule has 0 saturated carbocycles. The molecule has 1 saturated heterocycles. The first kappa shape index (κ1) is 13.5. The molecular formula is C14H18N4OS. The van der Waals surface area contributed by atoms with Gasteiger partial charge in [0.2, 0.25) is 0 Å². The van der Waals surface area contributed by atoms with E-state index in [-0.39, 0.29) is 6.61 Å². The van der Waals surface area contributed by atoms with Crippen LogP contribution in [-0.4, -0.2) is 46.2 Å². The van der Waals surface area contributed by atoms with Crippen molar-refractivity contribution in [3.8, 4) is 0 Å². The van der Waals surface area contributed by atoms with Crippen LogP contribution in [0.15, 0.2) is 30.6 Å². The number of hydrogen-bond donors (Lipinski definition) is 1. The van der Waals surface area contributed by atoms with Gasteiger partial charge < -0.3 is 10.0 Å². The van der Waals surface area contributed by atoms with Crippen LogP contribution >= 0.6 is 11.3 Å². The van der Waals surface area contributed by atoms with Crippen LogP contribution in [0.3, 0.4) is 0 Å². The van der Waals surface area contributed by atoms with Crippen LogP contribution in [-0.2, 0) is 13.2 Å². The van der Waals surface area contributed by atoms with Crippen LogP contribution in [0, 0.1) is 0 Å². The summed E-state index contributed by atoms with van der Waals surface area (Å²) in [7, 11) is 0. The van der Waals surface area contributed by atoms with Crippen molar-refractivity contribution >= 4 is 17.2 Å². The second-order valence-corrected chi connectivity index (χ2v) is 6.03. The fourth-order valence-electron chi connectivity index (χ4n) is 2.36. The van der Waals surface area contributed by atoms with E-state index in [4.69, 9.17) is 5.11 Å². The maximum Gasteiger partial charge on any atom is 0.128 e. The Bertz CT molecular complexity index is 537. The summed E-state index contributed by atoms with van der Waals surface area (Å²) < 4.78 is 0. The predicted molar refractivity (Wildman–Crippen MR) is 79.8 cm³/mol. The van der Waals surface area contributed by atoms with Crippen molar-refractivity contribution in [1.82, 2.24) is 14.9 Å². The Morgan fingerprint density at radius 2 is 2.00 bits per heavy atom. The number of piperazine rings is 1. The molecule has 106 valence electrons. The maximum atomic E-state index is 9.06. The molecule has 2 aromatic rings. The van der Waals surface area contributed by atoms with Gasteiger partial charge >= 0.3 is 0 Å². The van der Waals surface area contributed by atoms with Crippen molar-refractivity contribution in [2.24, 2.45) is 0 Å². The highest BCUT2D eigenvalue weighted by molar-refractivity contribution is 7.11. The van der Waals surface area contributed by atoms with Crippen LogP contribution < -0.4 is 4.90 Å². The lowest BCUT2D eigenvalue weighted by Crippen LogP contribution is -2.46. The van der Waals surface area contributed by atoms with E-state index in [0.29, 0.717) is 0 Å². The summed E-state index contributed by atoms with van der Waals surface area (Å²) in [5.41, 5.74) is 0. The highest BCUT2D eigenvalue weighted by Gasteiger charge is 2.18. The minimum Gasteiger partial charge on any atom is -0.391 e. The first-order valence-electron chi connectivity index (χ1n) is 6.78. The zero-order chi connectivity index (χ0) is 13.8. The van der Waals surface area contributed by atoms with Gasteiger partial charge in [-0.25, -0.2) is 9.97 Å². The molecule has 0 bridgehead atoms. The number of rotatable bonds is 4. The third-order valence-corrected chi connectivity index (χ3v) is 4.43. The molecule has 3 heterocycles.